The minimum atomic E-state index is -0.505. The molecule has 1 aromatic carbocycles. The van der Waals surface area contributed by atoms with Gasteiger partial charge in [0, 0.05) is 26.0 Å². The molecule has 2 amide bonds. The smallest absolute Gasteiger partial charge is 0.258 e. The molecule has 1 atom stereocenters. The van der Waals surface area contributed by atoms with Crippen LogP contribution >= 0.6 is 0 Å². The molecule has 1 spiro atoms. The highest BCUT2D eigenvalue weighted by Gasteiger charge is 2.42. The van der Waals surface area contributed by atoms with Crippen molar-refractivity contribution in [1.29, 1.82) is 0 Å². The Morgan fingerprint density at radius 3 is 2.81 bits per heavy atom. The molecule has 3 aliphatic heterocycles. The average molecular weight is 374 g/mol. The summed E-state index contributed by atoms with van der Waals surface area (Å²) in [5.41, 5.74) is 0.00261. The summed E-state index contributed by atoms with van der Waals surface area (Å²) in [7, 11) is 0. The van der Waals surface area contributed by atoms with E-state index in [4.69, 9.17) is 14.2 Å². The van der Waals surface area contributed by atoms with Gasteiger partial charge < -0.3 is 24.4 Å². The summed E-state index contributed by atoms with van der Waals surface area (Å²) in [4.78, 5) is 27.2. The summed E-state index contributed by atoms with van der Waals surface area (Å²) < 4.78 is 17.3. The van der Waals surface area contributed by atoms with Crippen LogP contribution in [0.15, 0.2) is 24.3 Å². The van der Waals surface area contributed by atoms with Gasteiger partial charge in [0.2, 0.25) is 5.91 Å². The number of nitrogens with zero attached hydrogens (tertiary/aromatic N) is 1. The standard InChI is InChI=1S/C20H26N2O5/c23-18(21-12-15-4-3-9-26-15)13-22-14-20(7-10-25-11-8-20)27-17-6-2-1-5-16(17)19(22)24/h1-2,5-6,15H,3-4,7-14H2,(H,21,23). The Bertz CT molecular complexity index is 695. The second kappa shape index (κ2) is 7.86. The Morgan fingerprint density at radius 1 is 1.22 bits per heavy atom. The maximum Gasteiger partial charge on any atom is 0.258 e. The second-order valence-corrected chi connectivity index (χ2v) is 7.49. The van der Waals surface area contributed by atoms with E-state index in [0.29, 0.717) is 50.5 Å². The third-order valence-electron chi connectivity index (χ3n) is 5.50. The van der Waals surface area contributed by atoms with Gasteiger partial charge in [-0.3, -0.25) is 9.59 Å². The molecule has 7 heteroatoms. The van der Waals surface area contributed by atoms with Crippen LogP contribution in [-0.2, 0) is 14.3 Å². The van der Waals surface area contributed by atoms with Crippen LogP contribution in [0.2, 0.25) is 0 Å². The molecular formula is C20H26N2O5. The molecule has 3 heterocycles. The van der Waals surface area contributed by atoms with Gasteiger partial charge in [0.1, 0.15) is 11.4 Å². The number of rotatable bonds is 4. The molecule has 1 aromatic rings. The van der Waals surface area contributed by atoms with Crippen molar-refractivity contribution in [3.63, 3.8) is 0 Å². The number of fused-ring (bicyclic) bond motifs is 1. The van der Waals surface area contributed by atoms with Crippen molar-refractivity contribution >= 4 is 11.8 Å². The molecule has 7 nitrogen and oxygen atoms in total. The molecule has 1 N–H and O–H groups in total. The predicted octanol–water partition coefficient (Wildman–Crippen LogP) is 1.37. The van der Waals surface area contributed by atoms with Gasteiger partial charge in [-0.1, -0.05) is 12.1 Å². The van der Waals surface area contributed by atoms with E-state index in [1.54, 1.807) is 11.0 Å². The van der Waals surface area contributed by atoms with Crippen molar-refractivity contribution in [3.8, 4) is 5.75 Å². The zero-order valence-corrected chi connectivity index (χ0v) is 15.4. The minimum Gasteiger partial charge on any atom is -0.484 e. The van der Waals surface area contributed by atoms with Crippen molar-refractivity contribution in [2.24, 2.45) is 0 Å². The maximum absolute atomic E-state index is 13.1. The maximum atomic E-state index is 13.1. The summed E-state index contributed by atoms with van der Waals surface area (Å²) >= 11 is 0. The van der Waals surface area contributed by atoms with Crippen molar-refractivity contribution in [1.82, 2.24) is 10.2 Å². The van der Waals surface area contributed by atoms with E-state index >= 15 is 0 Å². The zero-order valence-electron chi connectivity index (χ0n) is 15.4. The highest BCUT2D eigenvalue weighted by molar-refractivity contribution is 5.99. The SMILES string of the molecule is O=C(CN1CC2(CCOCC2)Oc2ccccc2C1=O)NCC1CCCO1. The third kappa shape index (κ3) is 4.09. The first-order chi connectivity index (χ1) is 13.2. The van der Waals surface area contributed by atoms with E-state index < -0.39 is 5.60 Å². The van der Waals surface area contributed by atoms with Gasteiger partial charge in [-0.2, -0.15) is 0 Å². The molecule has 146 valence electrons. The lowest BCUT2D eigenvalue weighted by Crippen LogP contribution is -2.52. The van der Waals surface area contributed by atoms with Crippen molar-refractivity contribution in [3.05, 3.63) is 29.8 Å². The van der Waals surface area contributed by atoms with E-state index in [9.17, 15) is 9.59 Å². The Labute approximate surface area is 158 Å². The van der Waals surface area contributed by atoms with E-state index in [-0.39, 0.29) is 24.5 Å². The largest absolute Gasteiger partial charge is 0.484 e. The van der Waals surface area contributed by atoms with Gasteiger partial charge >= 0.3 is 0 Å². The number of benzene rings is 1. The molecule has 0 aromatic heterocycles. The fourth-order valence-corrected chi connectivity index (χ4v) is 3.98. The summed E-state index contributed by atoms with van der Waals surface area (Å²) in [6.07, 6.45) is 3.47. The second-order valence-electron chi connectivity index (χ2n) is 7.49. The van der Waals surface area contributed by atoms with Crippen molar-refractivity contribution in [2.45, 2.75) is 37.4 Å². The van der Waals surface area contributed by atoms with Crippen LogP contribution in [0.25, 0.3) is 0 Å². The fraction of sp³-hybridized carbons (Fsp3) is 0.600. The van der Waals surface area contributed by atoms with Gasteiger partial charge in [-0.15, -0.1) is 0 Å². The van der Waals surface area contributed by atoms with Crippen LogP contribution in [0.3, 0.4) is 0 Å². The van der Waals surface area contributed by atoms with E-state index in [1.165, 1.54) is 0 Å². The number of hydrogen-bond donors (Lipinski definition) is 1. The van der Waals surface area contributed by atoms with Crippen LogP contribution in [0.5, 0.6) is 5.75 Å². The molecule has 0 radical (unpaired) electrons. The van der Waals surface area contributed by atoms with Gasteiger partial charge in [-0.05, 0) is 25.0 Å². The molecule has 3 aliphatic rings. The molecule has 2 saturated heterocycles. The highest BCUT2D eigenvalue weighted by atomic mass is 16.5. The third-order valence-corrected chi connectivity index (χ3v) is 5.50. The lowest BCUT2D eigenvalue weighted by molar-refractivity contribution is -0.123. The van der Waals surface area contributed by atoms with Crippen molar-refractivity contribution < 1.29 is 23.8 Å². The molecule has 1 unspecified atom stereocenters. The quantitative estimate of drug-likeness (QED) is 0.861. The number of carbonyl (C=O) groups excluding carboxylic acids is 2. The van der Waals surface area contributed by atoms with Crippen LogP contribution in [0.1, 0.15) is 36.0 Å². The fourth-order valence-electron chi connectivity index (χ4n) is 3.98. The van der Waals surface area contributed by atoms with Gasteiger partial charge in [0.05, 0.1) is 38.0 Å². The van der Waals surface area contributed by atoms with Gasteiger partial charge in [0.15, 0.2) is 0 Å². The minimum absolute atomic E-state index is 0.0197. The van der Waals surface area contributed by atoms with Gasteiger partial charge in [-0.25, -0.2) is 0 Å². The molecule has 4 rings (SSSR count). The first-order valence-electron chi connectivity index (χ1n) is 9.69. The van der Waals surface area contributed by atoms with Crippen LogP contribution in [0.4, 0.5) is 0 Å². The Morgan fingerprint density at radius 2 is 2.04 bits per heavy atom. The lowest BCUT2D eigenvalue weighted by Gasteiger charge is -2.38. The number of nitrogens with one attached hydrogen (secondary N) is 1. The van der Waals surface area contributed by atoms with Crippen LogP contribution in [-0.4, -0.2) is 67.9 Å². The number of ether oxygens (including phenoxy) is 3. The van der Waals surface area contributed by atoms with Crippen LogP contribution in [0, 0.1) is 0 Å². The monoisotopic (exact) mass is 374 g/mol. The van der Waals surface area contributed by atoms with Crippen molar-refractivity contribution in [2.75, 3.05) is 39.5 Å². The predicted molar refractivity (Wildman–Crippen MR) is 97.7 cm³/mol. The highest BCUT2D eigenvalue weighted by Crippen LogP contribution is 2.34. The Balaban J connectivity index is 1.49. The molecule has 0 saturated carbocycles. The normalized spacial score (nSPS) is 24.2. The summed E-state index contributed by atoms with van der Waals surface area (Å²) in [5.74, 6) is 0.258. The molecular weight excluding hydrogens is 348 g/mol. The molecule has 0 bridgehead atoms. The van der Waals surface area contributed by atoms with Gasteiger partial charge in [0.25, 0.3) is 5.91 Å². The van der Waals surface area contributed by atoms with Crippen LogP contribution < -0.4 is 10.1 Å². The molecule has 27 heavy (non-hydrogen) atoms. The topological polar surface area (TPSA) is 77.1 Å². The summed E-state index contributed by atoms with van der Waals surface area (Å²) in [5, 5.41) is 2.90. The number of para-hydroxylation sites is 1. The molecule has 0 aliphatic carbocycles. The summed E-state index contributed by atoms with van der Waals surface area (Å²) in [6, 6.07) is 7.26. The first-order valence-corrected chi connectivity index (χ1v) is 9.69. The number of hydrogen-bond acceptors (Lipinski definition) is 5. The van der Waals surface area contributed by atoms with E-state index in [2.05, 4.69) is 5.32 Å². The molecule has 2 fully saturated rings. The average Bonchev–Trinajstić information content (AvgIpc) is 3.17. The van der Waals surface area contributed by atoms with E-state index in [1.807, 2.05) is 18.2 Å². The number of carbonyl (C=O) groups is 2. The summed E-state index contributed by atoms with van der Waals surface area (Å²) in [6.45, 7) is 2.84. The number of amides is 2. The van der Waals surface area contributed by atoms with E-state index in [0.717, 1.165) is 19.4 Å². The lowest BCUT2D eigenvalue weighted by atomic mass is 9.93. The Kier molecular flexibility index (Phi) is 5.31. The first kappa shape index (κ1) is 18.3. The Hall–Kier alpha value is -2.12. The zero-order chi connectivity index (χ0) is 18.7.